The Labute approximate surface area is 131 Å². The quantitative estimate of drug-likeness (QED) is 0.767. The van der Waals surface area contributed by atoms with Crippen LogP contribution in [0.4, 0.5) is 5.69 Å². The highest BCUT2D eigenvalue weighted by atomic mass is 127. The minimum atomic E-state index is -0.148. The SMILES string of the molecule is CC(C)n1cc(Cl)cc1C(=O)Nc1ccccc1I. The molecule has 0 atom stereocenters. The highest BCUT2D eigenvalue weighted by Gasteiger charge is 2.15. The predicted molar refractivity (Wildman–Crippen MR) is 86.9 cm³/mol. The number of rotatable bonds is 3. The van der Waals surface area contributed by atoms with Crippen LogP contribution in [0.2, 0.25) is 5.02 Å². The van der Waals surface area contributed by atoms with Gasteiger partial charge in [0.25, 0.3) is 5.91 Å². The molecule has 1 aromatic carbocycles. The number of benzene rings is 1. The first-order chi connectivity index (χ1) is 8.99. The number of para-hydroxylation sites is 1. The van der Waals surface area contributed by atoms with Gasteiger partial charge in [-0.2, -0.15) is 0 Å². The Morgan fingerprint density at radius 2 is 2.05 bits per heavy atom. The third kappa shape index (κ3) is 3.30. The van der Waals surface area contributed by atoms with Crippen molar-refractivity contribution < 1.29 is 4.79 Å². The van der Waals surface area contributed by atoms with E-state index < -0.39 is 0 Å². The van der Waals surface area contributed by atoms with Crippen LogP contribution in [0.15, 0.2) is 36.5 Å². The zero-order chi connectivity index (χ0) is 14.0. The van der Waals surface area contributed by atoms with Gasteiger partial charge < -0.3 is 9.88 Å². The van der Waals surface area contributed by atoms with Gasteiger partial charge in [0.15, 0.2) is 0 Å². The standard InChI is InChI=1S/C14H14ClIN2O/c1-9(2)18-8-10(15)7-13(18)14(19)17-12-6-4-3-5-11(12)16/h3-9H,1-2H3,(H,17,19). The number of nitrogens with zero attached hydrogens (tertiary/aromatic N) is 1. The molecule has 19 heavy (non-hydrogen) atoms. The zero-order valence-electron chi connectivity index (χ0n) is 10.7. The molecule has 1 amide bonds. The van der Waals surface area contributed by atoms with Crippen molar-refractivity contribution in [3.05, 3.63) is 50.8 Å². The van der Waals surface area contributed by atoms with E-state index in [1.165, 1.54) is 0 Å². The van der Waals surface area contributed by atoms with Crippen molar-refractivity contribution in [3.63, 3.8) is 0 Å². The lowest BCUT2D eigenvalue weighted by atomic mass is 10.3. The molecule has 5 heteroatoms. The average Bonchev–Trinajstić information content (AvgIpc) is 2.74. The van der Waals surface area contributed by atoms with Gasteiger partial charge in [0.2, 0.25) is 0 Å². The second-order valence-corrected chi connectivity index (χ2v) is 6.08. The minimum Gasteiger partial charge on any atom is -0.339 e. The summed E-state index contributed by atoms with van der Waals surface area (Å²) in [7, 11) is 0. The van der Waals surface area contributed by atoms with Gasteiger partial charge in [-0.1, -0.05) is 23.7 Å². The maximum atomic E-state index is 12.3. The van der Waals surface area contributed by atoms with E-state index >= 15 is 0 Å². The van der Waals surface area contributed by atoms with Crippen molar-refractivity contribution in [2.24, 2.45) is 0 Å². The average molecular weight is 389 g/mol. The highest BCUT2D eigenvalue weighted by Crippen LogP contribution is 2.22. The molecule has 0 aliphatic heterocycles. The lowest BCUT2D eigenvalue weighted by Gasteiger charge is -2.13. The number of amides is 1. The number of hydrogen-bond acceptors (Lipinski definition) is 1. The largest absolute Gasteiger partial charge is 0.339 e. The minimum absolute atomic E-state index is 0.148. The number of aromatic nitrogens is 1. The van der Waals surface area contributed by atoms with E-state index in [4.69, 9.17) is 11.6 Å². The summed E-state index contributed by atoms with van der Waals surface area (Å²) >= 11 is 8.18. The number of carbonyl (C=O) groups is 1. The smallest absolute Gasteiger partial charge is 0.272 e. The number of halogens is 2. The van der Waals surface area contributed by atoms with Gasteiger partial charge in [-0.3, -0.25) is 4.79 Å². The van der Waals surface area contributed by atoms with E-state index in [9.17, 15) is 4.79 Å². The third-order valence-corrected chi connectivity index (χ3v) is 3.87. The Hall–Kier alpha value is -1.01. The lowest BCUT2D eigenvalue weighted by Crippen LogP contribution is -2.18. The molecular formula is C14H14ClIN2O. The van der Waals surface area contributed by atoms with Crippen molar-refractivity contribution in [2.75, 3.05) is 5.32 Å². The van der Waals surface area contributed by atoms with E-state index in [1.54, 1.807) is 12.3 Å². The highest BCUT2D eigenvalue weighted by molar-refractivity contribution is 14.1. The van der Waals surface area contributed by atoms with Crippen LogP contribution in [0.5, 0.6) is 0 Å². The van der Waals surface area contributed by atoms with Gasteiger partial charge in [-0.15, -0.1) is 0 Å². The number of carbonyl (C=O) groups excluding carboxylic acids is 1. The molecule has 1 heterocycles. The van der Waals surface area contributed by atoms with Gasteiger partial charge >= 0.3 is 0 Å². The fourth-order valence-corrected chi connectivity index (χ4v) is 2.53. The fraction of sp³-hybridized carbons (Fsp3) is 0.214. The summed E-state index contributed by atoms with van der Waals surface area (Å²) in [6.07, 6.45) is 1.77. The Morgan fingerprint density at radius 1 is 1.37 bits per heavy atom. The maximum Gasteiger partial charge on any atom is 0.272 e. The first kappa shape index (κ1) is 14.4. The second kappa shape index (κ2) is 5.96. The molecule has 0 bridgehead atoms. The molecule has 0 fully saturated rings. The maximum absolute atomic E-state index is 12.3. The Balaban J connectivity index is 2.28. The van der Waals surface area contributed by atoms with Crippen LogP contribution < -0.4 is 5.32 Å². The molecule has 0 unspecified atom stereocenters. The van der Waals surface area contributed by atoms with Crippen LogP contribution in [0.1, 0.15) is 30.4 Å². The van der Waals surface area contributed by atoms with E-state index in [0.29, 0.717) is 10.7 Å². The Kier molecular flexibility index (Phi) is 4.52. The summed E-state index contributed by atoms with van der Waals surface area (Å²) < 4.78 is 2.87. The normalized spacial score (nSPS) is 10.8. The molecule has 2 rings (SSSR count). The lowest BCUT2D eigenvalue weighted by molar-refractivity contribution is 0.101. The van der Waals surface area contributed by atoms with E-state index in [0.717, 1.165) is 9.26 Å². The van der Waals surface area contributed by atoms with Crippen molar-refractivity contribution in [3.8, 4) is 0 Å². The summed E-state index contributed by atoms with van der Waals surface area (Å²) in [6, 6.07) is 9.53. The fourth-order valence-electron chi connectivity index (χ4n) is 1.80. The van der Waals surface area contributed by atoms with Crippen LogP contribution in [0, 0.1) is 3.57 Å². The van der Waals surface area contributed by atoms with Gasteiger partial charge in [-0.25, -0.2) is 0 Å². The van der Waals surface area contributed by atoms with Gasteiger partial charge in [0.1, 0.15) is 5.69 Å². The summed E-state index contributed by atoms with van der Waals surface area (Å²) in [4.78, 5) is 12.3. The summed E-state index contributed by atoms with van der Waals surface area (Å²) in [6.45, 7) is 4.03. The second-order valence-electron chi connectivity index (χ2n) is 4.48. The number of nitrogens with one attached hydrogen (secondary N) is 1. The van der Waals surface area contributed by atoms with Crippen LogP contribution in [-0.2, 0) is 0 Å². The molecule has 0 aliphatic rings. The van der Waals surface area contributed by atoms with Crippen LogP contribution in [0.3, 0.4) is 0 Å². The Morgan fingerprint density at radius 3 is 2.68 bits per heavy atom. The molecular weight excluding hydrogens is 375 g/mol. The molecule has 0 saturated carbocycles. The molecule has 0 radical (unpaired) electrons. The summed E-state index contributed by atoms with van der Waals surface area (Å²) in [5.41, 5.74) is 1.38. The number of anilines is 1. The van der Waals surface area contributed by atoms with Crippen molar-refractivity contribution in [2.45, 2.75) is 19.9 Å². The molecule has 1 aromatic heterocycles. The van der Waals surface area contributed by atoms with Gasteiger partial charge in [0.05, 0.1) is 10.7 Å². The Bertz CT molecular complexity index is 607. The summed E-state index contributed by atoms with van der Waals surface area (Å²) in [5, 5.41) is 3.48. The summed E-state index contributed by atoms with van der Waals surface area (Å²) in [5.74, 6) is -0.148. The first-order valence-corrected chi connectivity index (χ1v) is 7.38. The molecule has 0 aliphatic carbocycles. The zero-order valence-corrected chi connectivity index (χ0v) is 13.6. The van der Waals surface area contributed by atoms with Gasteiger partial charge in [0, 0.05) is 15.8 Å². The van der Waals surface area contributed by atoms with Crippen molar-refractivity contribution in [1.82, 2.24) is 4.57 Å². The molecule has 0 spiro atoms. The molecule has 1 N–H and O–H groups in total. The number of hydrogen-bond donors (Lipinski definition) is 1. The van der Waals surface area contributed by atoms with Crippen molar-refractivity contribution >= 4 is 45.8 Å². The van der Waals surface area contributed by atoms with Crippen molar-refractivity contribution in [1.29, 1.82) is 0 Å². The van der Waals surface area contributed by atoms with Crippen LogP contribution >= 0.6 is 34.2 Å². The molecule has 3 nitrogen and oxygen atoms in total. The van der Waals surface area contributed by atoms with E-state index in [-0.39, 0.29) is 11.9 Å². The van der Waals surface area contributed by atoms with Gasteiger partial charge in [-0.05, 0) is 54.6 Å². The van der Waals surface area contributed by atoms with Crippen LogP contribution in [0.25, 0.3) is 0 Å². The van der Waals surface area contributed by atoms with E-state index in [1.807, 2.05) is 42.7 Å². The molecule has 2 aromatic rings. The predicted octanol–water partition coefficient (Wildman–Crippen LogP) is 4.58. The monoisotopic (exact) mass is 388 g/mol. The topological polar surface area (TPSA) is 34.0 Å². The van der Waals surface area contributed by atoms with Crippen LogP contribution in [-0.4, -0.2) is 10.5 Å². The van der Waals surface area contributed by atoms with E-state index in [2.05, 4.69) is 27.9 Å². The molecule has 100 valence electrons. The first-order valence-electron chi connectivity index (χ1n) is 5.92. The third-order valence-electron chi connectivity index (χ3n) is 2.73. The molecule has 0 saturated heterocycles.